The number of halogens is 2. The van der Waals surface area contributed by atoms with Crippen molar-refractivity contribution in [3.63, 3.8) is 0 Å². The van der Waals surface area contributed by atoms with E-state index in [0.29, 0.717) is 21.1 Å². The van der Waals surface area contributed by atoms with Gasteiger partial charge < -0.3 is 14.5 Å². The first kappa shape index (κ1) is 17.3. The van der Waals surface area contributed by atoms with Crippen LogP contribution >= 0.6 is 27.5 Å². The first-order chi connectivity index (χ1) is 10.9. The van der Waals surface area contributed by atoms with Gasteiger partial charge in [-0.2, -0.15) is 0 Å². The summed E-state index contributed by atoms with van der Waals surface area (Å²) in [4.78, 5) is 23.3. The van der Waals surface area contributed by atoms with Gasteiger partial charge in [-0.1, -0.05) is 17.7 Å². The first-order valence-electron chi connectivity index (χ1n) is 6.60. The number of hydrogen-bond acceptors (Lipinski definition) is 4. The molecule has 1 aromatic heterocycles. The van der Waals surface area contributed by atoms with Gasteiger partial charge in [-0.15, -0.1) is 0 Å². The van der Waals surface area contributed by atoms with Crippen molar-refractivity contribution >= 4 is 51.2 Å². The number of amides is 1. The molecule has 0 aliphatic heterocycles. The van der Waals surface area contributed by atoms with Crippen molar-refractivity contribution in [1.82, 2.24) is 0 Å². The Hall–Kier alpha value is -2.05. The molecular weight excluding hydrogens is 386 g/mol. The van der Waals surface area contributed by atoms with Gasteiger partial charge in [0.25, 0.3) is 5.91 Å². The van der Waals surface area contributed by atoms with E-state index in [1.807, 2.05) is 6.92 Å². The molecule has 0 spiro atoms. The highest BCUT2D eigenvalue weighted by atomic mass is 79.9. The fraction of sp³-hybridized carbons (Fsp3) is 0.125. The topological polar surface area (TPSA) is 68.5 Å². The molecule has 0 atom stereocenters. The van der Waals surface area contributed by atoms with Crippen LogP contribution in [-0.4, -0.2) is 18.5 Å². The summed E-state index contributed by atoms with van der Waals surface area (Å²) in [6.07, 6.45) is 2.63. The van der Waals surface area contributed by atoms with Gasteiger partial charge in [0, 0.05) is 16.8 Å². The average Bonchev–Trinajstić information content (AvgIpc) is 2.92. The lowest BCUT2D eigenvalue weighted by Gasteiger charge is -2.08. The summed E-state index contributed by atoms with van der Waals surface area (Å²) in [6.45, 7) is 1.44. The second-order valence-corrected chi connectivity index (χ2v) is 5.81. The number of furan rings is 1. The number of esters is 1. The van der Waals surface area contributed by atoms with E-state index in [-0.39, 0.29) is 0 Å². The molecule has 0 aliphatic carbocycles. The fourth-order valence-electron chi connectivity index (χ4n) is 1.67. The molecular formula is C16H13BrClNO4. The minimum absolute atomic E-state index is 0.392. The normalized spacial score (nSPS) is 10.7. The number of anilines is 1. The van der Waals surface area contributed by atoms with E-state index in [0.717, 1.165) is 5.56 Å². The lowest BCUT2D eigenvalue weighted by atomic mass is 10.2. The van der Waals surface area contributed by atoms with Crippen LogP contribution in [0.25, 0.3) is 6.08 Å². The van der Waals surface area contributed by atoms with Crippen molar-refractivity contribution in [1.29, 1.82) is 0 Å². The highest BCUT2D eigenvalue weighted by molar-refractivity contribution is 9.10. The van der Waals surface area contributed by atoms with Crippen molar-refractivity contribution in [3.8, 4) is 0 Å². The van der Waals surface area contributed by atoms with Gasteiger partial charge in [0.1, 0.15) is 5.76 Å². The number of rotatable bonds is 5. The lowest BCUT2D eigenvalue weighted by Crippen LogP contribution is -2.20. The summed E-state index contributed by atoms with van der Waals surface area (Å²) in [7, 11) is 0. The predicted molar refractivity (Wildman–Crippen MR) is 91.2 cm³/mol. The van der Waals surface area contributed by atoms with E-state index in [1.54, 1.807) is 30.3 Å². The smallest absolute Gasteiger partial charge is 0.331 e. The summed E-state index contributed by atoms with van der Waals surface area (Å²) in [5, 5.41) is 3.14. The Kier molecular flexibility index (Phi) is 6.01. The second kappa shape index (κ2) is 7.99. The molecule has 0 bridgehead atoms. The highest BCUT2D eigenvalue weighted by Crippen LogP contribution is 2.20. The molecule has 2 rings (SSSR count). The number of ether oxygens (including phenoxy) is 1. The minimum Gasteiger partial charge on any atom is -0.452 e. The van der Waals surface area contributed by atoms with Crippen molar-refractivity contribution in [3.05, 3.63) is 57.4 Å². The zero-order valence-corrected chi connectivity index (χ0v) is 14.5. The van der Waals surface area contributed by atoms with E-state index in [2.05, 4.69) is 21.2 Å². The van der Waals surface area contributed by atoms with Gasteiger partial charge in [0.15, 0.2) is 11.3 Å². The molecule has 1 N–H and O–H groups in total. The van der Waals surface area contributed by atoms with Crippen LogP contribution in [0.5, 0.6) is 0 Å². The lowest BCUT2D eigenvalue weighted by molar-refractivity contribution is -0.142. The van der Waals surface area contributed by atoms with E-state index in [9.17, 15) is 9.59 Å². The van der Waals surface area contributed by atoms with Crippen LogP contribution in [0.1, 0.15) is 11.3 Å². The van der Waals surface area contributed by atoms with Crippen molar-refractivity contribution in [2.24, 2.45) is 0 Å². The minimum atomic E-state index is -0.643. The molecule has 0 saturated carbocycles. The number of benzene rings is 1. The average molecular weight is 399 g/mol. The summed E-state index contributed by atoms with van der Waals surface area (Å²) in [6, 6.07) is 8.53. The second-order valence-electron chi connectivity index (χ2n) is 4.59. The number of nitrogens with one attached hydrogen (secondary N) is 1. The van der Waals surface area contributed by atoms with Crippen molar-refractivity contribution in [2.45, 2.75) is 6.92 Å². The Bertz CT molecular complexity index is 754. The zero-order chi connectivity index (χ0) is 16.8. The number of hydrogen-bond donors (Lipinski definition) is 1. The Morgan fingerprint density at radius 1 is 1.35 bits per heavy atom. The van der Waals surface area contributed by atoms with E-state index >= 15 is 0 Å². The summed E-state index contributed by atoms with van der Waals surface area (Å²) >= 11 is 9.02. The van der Waals surface area contributed by atoms with Gasteiger partial charge in [-0.25, -0.2) is 4.79 Å². The summed E-state index contributed by atoms with van der Waals surface area (Å²) in [5.74, 6) is -0.596. The number of carbonyl (C=O) groups is 2. The molecule has 0 saturated heterocycles. The molecule has 0 unspecified atom stereocenters. The van der Waals surface area contributed by atoms with Crippen LogP contribution < -0.4 is 5.32 Å². The largest absolute Gasteiger partial charge is 0.452 e. The maximum absolute atomic E-state index is 11.8. The molecule has 2 aromatic rings. The monoisotopic (exact) mass is 397 g/mol. The molecule has 0 radical (unpaired) electrons. The molecule has 1 aromatic carbocycles. The molecule has 7 heteroatoms. The summed E-state index contributed by atoms with van der Waals surface area (Å²) in [5.41, 5.74) is 1.44. The van der Waals surface area contributed by atoms with Crippen molar-refractivity contribution in [2.75, 3.05) is 11.9 Å². The Morgan fingerprint density at radius 2 is 2.13 bits per heavy atom. The third-order valence-corrected chi connectivity index (χ3v) is 3.46. The molecule has 23 heavy (non-hydrogen) atoms. The predicted octanol–water partition coefficient (Wildman–Crippen LogP) is 4.20. The summed E-state index contributed by atoms with van der Waals surface area (Å²) < 4.78 is 10.6. The van der Waals surface area contributed by atoms with Crippen LogP contribution in [-0.2, 0) is 14.3 Å². The van der Waals surface area contributed by atoms with Crippen LogP contribution in [0.4, 0.5) is 5.69 Å². The first-order valence-corrected chi connectivity index (χ1v) is 7.77. The van der Waals surface area contributed by atoms with Gasteiger partial charge in [-0.3, -0.25) is 4.79 Å². The van der Waals surface area contributed by atoms with E-state index < -0.39 is 18.5 Å². The Labute approximate surface area is 146 Å². The SMILES string of the molecule is Cc1ccc(Cl)cc1NC(=O)COC(=O)/C=C/c1ccc(Br)o1. The van der Waals surface area contributed by atoms with Crippen LogP contribution in [0.15, 0.2) is 45.5 Å². The Morgan fingerprint density at radius 3 is 2.83 bits per heavy atom. The fourth-order valence-corrected chi connectivity index (χ4v) is 2.16. The number of carbonyl (C=O) groups excluding carboxylic acids is 2. The molecule has 0 fully saturated rings. The maximum atomic E-state index is 11.8. The molecule has 5 nitrogen and oxygen atoms in total. The zero-order valence-electron chi connectivity index (χ0n) is 12.1. The quantitative estimate of drug-likeness (QED) is 0.605. The number of aryl methyl sites for hydroxylation is 1. The van der Waals surface area contributed by atoms with Crippen LogP contribution in [0, 0.1) is 6.92 Å². The van der Waals surface area contributed by atoms with E-state index in [1.165, 1.54) is 12.2 Å². The van der Waals surface area contributed by atoms with Crippen LogP contribution in [0.2, 0.25) is 5.02 Å². The third kappa shape index (κ3) is 5.58. The highest BCUT2D eigenvalue weighted by Gasteiger charge is 2.08. The standard InChI is InChI=1S/C16H13BrClNO4/c1-10-2-3-11(18)8-13(10)19-15(20)9-22-16(21)7-5-12-4-6-14(17)23-12/h2-8H,9H2,1H3,(H,19,20)/b7-5+. The van der Waals surface area contributed by atoms with Gasteiger partial charge in [-0.05, 0) is 58.8 Å². The van der Waals surface area contributed by atoms with E-state index in [4.69, 9.17) is 20.8 Å². The van der Waals surface area contributed by atoms with Gasteiger partial charge >= 0.3 is 5.97 Å². The Balaban J connectivity index is 1.83. The molecule has 0 aliphatic rings. The molecule has 1 amide bonds. The van der Waals surface area contributed by atoms with Crippen molar-refractivity contribution < 1.29 is 18.7 Å². The third-order valence-electron chi connectivity index (χ3n) is 2.80. The van der Waals surface area contributed by atoms with Gasteiger partial charge in [0.05, 0.1) is 0 Å². The van der Waals surface area contributed by atoms with Gasteiger partial charge in [0.2, 0.25) is 0 Å². The molecule has 120 valence electrons. The van der Waals surface area contributed by atoms with Crippen LogP contribution in [0.3, 0.4) is 0 Å². The maximum Gasteiger partial charge on any atom is 0.331 e. The molecule has 1 heterocycles.